The Morgan fingerprint density at radius 2 is 1.93 bits per heavy atom. The maximum Gasteiger partial charge on any atom is 0.416 e. The lowest BCUT2D eigenvalue weighted by Gasteiger charge is -2.16. The number of nitrogens with zero attached hydrogens (tertiary/aromatic N) is 3. The summed E-state index contributed by atoms with van der Waals surface area (Å²) in [5.41, 5.74) is 1.41. The highest BCUT2D eigenvalue weighted by molar-refractivity contribution is 5.96. The number of carbonyl (C=O) groups excluding carboxylic acids is 1. The second kappa shape index (κ2) is 7.35. The third-order valence-corrected chi connectivity index (χ3v) is 5.02. The Morgan fingerprint density at radius 1 is 1.17 bits per heavy atom. The van der Waals surface area contributed by atoms with Crippen LogP contribution in [0.5, 0.6) is 0 Å². The van der Waals surface area contributed by atoms with Crippen molar-refractivity contribution in [2.24, 2.45) is 0 Å². The summed E-state index contributed by atoms with van der Waals surface area (Å²) in [4.78, 5) is 18.4. The average Bonchev–Trinajstić information content (AvgIpc) is 3.34. The number of hydrogen-bond acceptors (Lipinski definition) is 4. The second-order valence-electron chi connectivity index (χ2n) is 6.96. The minimum absolute atomic E-state index is 0.0573. The van der Waals surface area contributed by atoms with Crippen molar-refractivity contribution in [2.45, 2.75) is 31.9 Å². The van der Waals surface area contributed by atoms with Crippen molar-refractivity contribution in [1.29, 1.82) is 0 Å². The van der Waals surface area contributed by atoms with Crippen molar-refractivity contribution in [3.05, 3.63) is 65.5 Å². The van der Waals surface area contributed by atoms with E-state index in [-0.39, 0.29) is 35.5 Å². The number of alkyl halides is 3. The summed E-state index contributed by atoms with van der Waals surface area (Å²) < 4.78 is 44.0. The van der Waals surface area contributed by atoms with Gasteiger partial charge in [0, 0.05) is 24.2 Å². The highest BCUT2D eigenvalue weighted by Gasteiger charge is 2.35. The molecule has 1 aliphatic rings. The molecule has 1 fully saturated rings. The van der Waals surface area contributed by atoms with Crippen LogP contribution in [0.3, 0.4) is 0 Å². The molecular weight excluding hydrogens is 383 g/mol. The predicted octanol–water partition coefficient (Wildman–Crippen LogP) is 4.84. The van der Waals surface area contributed by atoms with Crippen LogP contribution in [0.2, 0.25) is 0 Å². The molecule has 150 valence electrons. The van der Waals surface area contributed by atoms with Gasteiger partial charge in [0.2, 0.25) is 17.6 Å². The van der Waals surface area contributed by atoms with E-state index >= 15 is 0 Å². The number of carbonyl (C=O) groups is 1. The molecule has 1 aromatic heterocycles. The number of anilines is 1. The fraction of sp³-hybridized carbons (Fsp3) is 0.286. The number of benzene rings is 2. The van der Waals surface area contributed by atoms with Crippen molar-refractivity contribution in [3.63, 3.8) is 0 Å². The van der Waals surface area contributed by atoms with E-state index in [0.717, 1.165) is 24.2 Å². The monoisotopic (exact) mass is 401 g/mol. The number of halogens is 3. The van der Waals surface area contributed by atoms with Crippen molar-refractivity contribution in [1.82, 2.24) is 10.1 Å². The molecule has 1 unspecified atom stereocenters. The van der Waals surface area contributed by atoms with Crippen LogP contribution >= 0.6 is 0 Å². The van der Waals surface area contributed by atoms with Crippen LogP contribution in [-0.4, -0.2) is 22.6 Å². The Hall–Kier alpha value is -3.16. The lowest BCUT2D eigenvalue weighted by atomic mass is 10.1. The van der Waals surface area contributed by atoms with Gasteiger partial charge in [0.15, 0.2) is 0 Å². The van der Waals surface area contributed by atoms with Crippen LogP contribution < -0.4 is 4.90 Å². The van der Waals surface area contributed by atoms with Gasteiger partial charge < -0.3 is 9.42 Å². The van der Waals surface area contributed by atoms with E-state index in [2.05, 4.69) is 17.1 Å². The maximum absolute atomic E-state index is 12.9. The fourth-order valence-electron chi connectivity index (χ4n) is 3.39. The van der Waals surface area contributed by atoms with Crippen LogP contribution in [0.15, 0.2) is 53.1 Å². The molecule has 0 bridgehead atoms. The third kappa shape index (κ3) is 3.87. The Kier molecular flexibility index (Phi) is 4.86. The first-order chi connectivity index (χ1) is 13.8. The van der Waals surface area contributed by atoms with Crippen molar-refractivity contribution >= 4 is 11.6 Å². The van der Waals surface area contributed by atoms with E-state index in [1.807, 2.05) is 24.3 Å². The van der Waals surface area contributed by atoms with Crippen LogP contribution in [0.4, 0.5) is 18.9 Å². The molecule has 29 heavy (non-hydrogen) atoms. The van der Waals surface area contributed by atoms with Crippen molar-refractivity contribution < 1.29 is 22.5 Å². The molecule has 1 amide bonds. The average molecular weight is 401 g/mol. The van der Waals surface area contributed by atoms with E-state index in [0.29, 0.717) is 6.54 Å². The van der Waals surface area contributed by atoms with Gasteiger partial charge in [-0.1, -0.05) is 36.3 Å². The van der Waals surface area contributed by atoms with Gasteiger partial charge in [-0.3, -0.25) is 4.79 Å². The summed E-state index contributed by atoms with van der Waals surface area (Å²) in [5, 5.41) is 3.82. The molecule has 4 rings (SSSR count). The molecular formula is C21H18F3N3O2. The van der Waals surface area contributed by atoms with Crippen molar-refractivity contribution in [3.8, 4) is 11.4 Å². The lowest BCUT2D eigenvalue weighted by molar-refractivity contribution is -0.137. The smallest absolute Gasteiger partial charge is 0.339 e. The summed E-state index contributed by atoms with van der Waals surface area (Å²) in [6.45, 7) is 2.44. The zero-order valence-electron chi connectivity index (χ0n) is 15.6. The molecule has 0 aliphatic carbocycles. The molecule has 1 aliphatic heterocycles. The summed E-state index contributed by atoms with van der Waals surface area (Å²) >= 11 is 0. The van der Waals surface area contributed by atoms with Gasteiger partial charge in [0.25, 0.3) is 0 Å². The first-order valence-electron chi connectivity index (χ1n) is 9.25. The molecule has 2 heterocycles. The number of aryl methyl sites for hydroxylation is 1. The largest absolute Gasteiger partial charge is 0.416 e. The van der Waals surface area contributed by atoms with E-state index in [1.165, 1.54) is 17.7 Å². The lowest BCUT2D eigenvalue weighted by Crippen LogP contribution is -2.24. The highest BCUT2D eigenvalue weighted by atomic mass is 19.4. The predicted molar refractivity (Wildman–Crippen MR) is 100 cm³/mol. The quantitative estimate of drug-likeness (QED) is 0.628. The van der Waals surface area contributed by atoms with Gasteiger partial charge in [-0.25, -0.2) is 0 Å². The van der Waals surface area contributed by atoms with Crippen LogP contribution in [0, 0.1) is 0 Å². The zero-order chi connectivity index (χ0) is 20.6. The minimum atomic E-state index is -4.45. The normalized spacial score (nSPS) is 17.2. The SMILES string of the molecule is CCc1ccc(N2CC(c3nc(-c4cccc(C(F)(F)F)c4)no3)CC2=O)cc1. The molecule has 8 heteroatoms. The highest BCUT2D eigenvalue weighted by Crippen LogP contribution is 2.34. The van der Waals surface area contributed by atoms with Gasteiger partial charge in [-0.15, -0.1) is 0 Å². The maximum atomic E-state index is 12.9. The second-order valence-corrected chi connectivity index (χ2v) is 6.96. The topological polar surface area (TPSA) is 59.2 Å². The Bertz CT molecular complexity index is 1030. The van der Waals surface area contributed by atoms with Crippen LogP contribution in [-0.2, 0) is 17.4 Å². The standard InChI is InChI=1S/C21H18F3N3O2/c1-2-13-6-8-17(9-7-13)27-12-15(11-18(27)28)20-25-19(26-29-20)14-4-3-5-16(10-14)21(22,23)24/h3-10,15H,2,11-12H2,1H3. The Labute approximate surface area is 165 Å². The molecule has 1 saturated heterocycles. The van der Waals surface area contributed by atoms with E-state index < -0.39 is 11.7 Å². The molecule has 0 spiro atoms. The van der Waals surface area contributed by atoms with Gasteiger partial charge in [0.1, 0.15) is 0 Å². The molecule has 1 atom stereocenters. The van der Waals surface area contributed by atoms with E-state index in [9.17, 15) is 18.0 Å². The number of aromatic nitrogens is 2. The van der Waals surface area contributed by atoms with E-state index in [1.54, 1.807) is 4.90 Å². The minimum Gasteiger partial charge on any atom is -0.339 e. The van der Waals surface area contributed by atoms with Gasteiger partial charge in [-0.2, -0.15) is 18.2 Å². The molecule has 0 N–H and O–H groups in total. The summed E-state index contributed by atoms with van der Waals surface area (Å²) in [5.74, 6) is -0.0406. The van der Waals surface area contributed by atoms with Crippen molar-refractivity contribution in [2.75, 3.05) is 11.4 Å². The number of rotatable bonds is 4. The fourth-order valence-corrected chi connectivity index (χ4v) is 3.39. The van der Waals surface area contributed by atoms with Crippen LogP contribution in [0.1, 0.15) is 36.3 Å². The molecule has 0 saturated carbocycles. The zero-order valence-corrected chi connectivity index (χ0v) is 15.6. The molecule has 5 nitrogen and oxygen atoms in total. The van der Waals surface area contributed by atoms with Gasteiger partial charge in [-0.05, 0) is 36.2 Å². The first-order valence-corrected chi connectivity index (χ1v) is 9.25. The molecule has 3 aromatic rings. The molecule has 0 radical (unpaired) electrons. The Balaban J connectivity index is 1.53. The molecule has 2 aromatic carbocycles. The summed E-state index contributed by atoms with van der Waals surface area (Å²) in [6, 6.07) is 12.5. The third-order valence-electron chi connectivity index (χ3n) is 5.02. The number of amides is 1. The first kappa shape index (κ1) is 19.2. The summed E-state index contributed by atoms with van der Waals surface area (Å²) in [6.07, 6.45) is -3.33. The van der Waals surface area contributed by atoms with Gasteiger partial charge in [0.05, 0.1) is 11.5 Å². The number of hydrogen-bond donors (Lipinski definition) is 0. The van der Waals surface area contributed by atoms with Crippen LogP contribution in [0.25, 0.3) is 11.4 Å². The summed E-state index contributed by atoms with van der Waals surface area (Å²) in [7, 11) is 0. The van der Waals surface area contributed by atoms with E-state index in [4.69, 9.17) is 4.52 Å². The Morgan fingerprint density at radius 3 is 2.62 bits per heavy atom. The van der Waals surface area contributed by atoms with Gasteiger partial charge >= 0.3 is 6.18 Å².